The number of aromatic nitrogens is 2. The monoisotopic (exact) mass is 534 g/mol. The summed E-state index contributed by atoms with van der Waals surface area (Å²) >= 11 is 0.705. The van der Waals surface area contributed by atoms with Crippen LogP contribution in [0.3, 0.4) is 0 Å². The van der Waals surface area contributed by atoms with E-state index in [9.17, 15) is 18.8 Å². The maximum absolute atomic E-state index is 14.5. The van der Waals surface area contributed by atoms with Crippen molar-refractivity contribution in [3.8, 4) is 0 Å². The number of nitrogens with one attached hydrogen (secondary N) is 2. The summed E-state index contributed by atoms with van der Waals surface area (Å²) in [6, 6.07) is 11.6. The molecule has 3 amide bonds. The second-order valence-electron chi connectivity index (χ2n) is 9.33. The molecular weight excluding hydrogens is 507 g/mol. The van der Waals surface area contributed by atoms with Crippen LogP contribution in [0.25, 0.3) is 10.9 Å². The Labute approximate surface area is 222 Å². The van der Waals surface area contributed by atoms with Crippen molar-refractivity contribution in [1.29, 1.82) is 0 Å². The first-order valence-corrected chi connectivity index (χ1v) is 13.1. The third-order valence-corrected chi connectivity index (χ3v) is 7.69. The Balaban J connectivity index is 1.67. The minimum Gasteiger partial charge on any atom is -0.395 e. The summed E-state index contributed by atoms with van der Waals surface area (Å²) in [5, 5.41) is 3.86. The first kappa shape index (κ1) is 25.4. The van der Waals surface area contributed by atoms with Crippen LogP contribution >= 0.6 is 11.5 Å². The molecule has 0 saturated heterocycles. The molecule has 196 valence electrons. The summed E-state index contributed by atoms with van der Waals surface area (Å²) in [4.78, 5) is 44.3. The van der Waals surface area contributed by atoms with Gasteiger partial charge >= 0.3 is 0 Å². The Morgan fingerprint density at radius 1 is 1.11 bits per heavy atom. The van der Waals surface area contributed by atoms with Gasteiger partial charge in [-0.2, -0.15) is 4.37 Å². The van der Waals surface area contributed by atoms with Crippen LogP contribution in [0.15, 0.2) is 54.7 Å². The van der Waals surface area contributed by atoms with Crippen molar-refractivity contribution in [3.63, 3.8) is 0 Å². The molecule has 6 N–H and O–H groups in total. The van der Waals surface area contributed by atoms with E-state index >= 15 is 0 Å². The summed E-state index contributed by atoms with van der Waals surface area (Å²) in [5.41, 5.74) is 12.5. The second kappa shape index (κ2) is 10.6. The molecule has 11 heteroatoms. The number of anilines is 2. The number of para-hydroxylation sites is 1. The van der Waals surface area contributed by atoms with Gasteiger partial charge in [0.2, 0.25) is 5.91 Å². The molecule has 38 heavy (non-hydrogen) atoms. The highest BCUT2D eigenvalue weighted by Crippen LogP contribution is 2.36. The van der Waals surface area contributed by atoms with E-state index in [1.54, 1.807) is 12.3 Å². The Hall–Kier alpha value is -4.25. The van der Waals surface area contributed by atoms with E-state index in [1.807, 2.05) is 24.3 Å². The van der Waals surface area contributed by atoms with Crippen LogP contribution in [-0.2, 0) is 4.79 Å². The molecule has 0 radical (unpaired) electrons. The maximum Gasteiger partial charge on any atom is 0.273 e. The molecule has 2 aromatic carbocycles. The Morgan fingerprint density at radius 2 is 1.87 bits per heavy atom. The van der Waals surface area contributed by atoms with Gasteiger partial charge in [-0.25, -0.2) is 4.39 Å². The number of amides is 3. The fourth-order valence-electron chi connectivity index (χ4n) is 4.99. The molecule has 0 unspecified atom stereocenters. The van der Waals surface area contributed by atoms with E-state index in [0.29, 0.717) is 17.1 Å². The van der Waals surface area contributed by atoms with Crippen LogP contribution in [0.4, 0.5) is 15.8 Å². The van der Waals surface area contributed by atoms with Gasteiger partial charge in [-0.15, -0.1) is 0 Å². The molecule has 2 aromatic heterocycles. The van der Waals surface area contributed by atoms with E-state index in [2.05, 4.69) is 14.7 Å². The number of H-pyrrole nitrogens is 1. The number of nitrogens with two attached hydrogens (primary N) is 2. The molecule has 1 atom stereocenters. The van der Waals surface area contributed by atoms with E-state index in [0.717, 1.165) is 43.0 Å². The van der Waals surface area contributed by atoms with E-state index in [1.165, 1.54) is 23.1 Å². The fourth-order valence-corrected chi connectivity index (χ4v) is 5.74. The average Bonchev–Trinajstić information content (AvgIpc) is 3.51. The molecule has 2 heterocycles. The van der Waals surface area contributed by atoms with Crippen molar-refractivity contribution in [2.75, 3.05) is 10.6 Å². The van der Waals surface area contributed by atoms with Crippen LogP contribution < -0.4 is 21.7 Å². The van der Waals surface area contributed by atoms with Crippen LogP contribution in [0, 0.1) is 5.82 Å². The van der Waals surface area contributed by atoms with Gasteiger partial charge in [0, 0.05) is 34.4 Å². The Morgan fingerprint density at radius 3 is 2.58 bits per heavy atom. The van der Waals surface area contributed by atoms with Crippen LogP contribution in [0.1, 0.15) is 63.9 Å². The number of halogens is 1. The predicted molar refractivity (Wildman–Crippen MR) is 144 cm³/mol. The number of fused-ring (bicyclic) bond motifs is 1. The molecule has 9 nitrogen and oxygen atoms in total. The number of aromatic amines is 1. The maximum atomic E-state index is 14.5. The Kier molecular flexibility index (Phi) is 7.10. The third kappa shape index (κ3) is 4.84. The summed E-state index contributed by atoms with van der Waals surface area (Å²) in [6.45, 7) is 0. The number of carbonyl (C=O) groups excluding carboxylic acids is 3. The average molecular weight is 535 g/mol. The number of primary amides is 1. The van der Waals surface area contributed by atoms with Crippen molar-refractivity contribution in [3.05, 3.63) is 76.7 Å². The number of nitrogens with zero attached hydrogens (tertiary/aromatic N) is 2. The van der Waals surface area contributed by atoms with Gasteiger partial charge < -0.3 is 21.8 Å². The number of rotatable bonds is 7. The van der Waals surface area contributed by atoms with Crippen molar-refractivity contribution in [2.45, 2.75) is 44.2 Å². The first-order chi connectivity index (χ1) is 18.3. The van der Waals surface area contributed by atoms with Crippen molar-refractivity contribution in [2.24, 2.45) is 5.73 Å². The normalized spacial score (nSPS) is 14.8. The molecule has 1 aliphatic carbocycles. The van der Waals surface area contributed by atoms with Gasteiger partial charge in [0.1, 0.15) is 16.7 Å². The minimum atomic E-state index is -1.18. The molecule has 0 spiro atoms. The summed E-state index contributed by atoms with van der Waals surface area (Å²) in [5.74, 6) is -2.57. The highest BCUT2D eigenvalue weighted by atomic mass is 32.1. The summed E-state index contributed by atoms with van der Waals surface area (Å²) in [7, 11) is 0. The molecule has 4 aromatic rings. The lowest BCUT2D eigenvalue weighted by molar-refractivity contribution is -0.123. The van der Waals surface area contributed by atoms with Crippen LogP contribution in [0.2, 0.25) is 0 Å². The summed E-state index contributed by atoms with van der Waals surface area (Å²) in [6.07, 6.45) is 6.47. The molecule has 1 aliphatic rings. The SMILES string of the molecule is NC(=O)c1nsc(C(=O)N(c2cccc(F)c2)[C@@H](C(=O)NC2CCCCC2)c2c[nH]c3ccccc23)c1N. The van der Waals surface area contributed by atoms with Gasteiger partial charge in [0.15, 0.2) is 5.69 Å². The standard InChI is InChI=1S/C27H27FN6O3S/c28-15-7-6-10-17(13-15)34(27(37)24-21(29)22(25(30)35)33-38-24)23(26(36)32-16-8-2-1-3-9-16)19-14-31-20-12-5-4-11-18(19)20/h4-7,10-14,16,23,31H,1-3,8-9,29H2,(H2,30,35)(H,32,36)/t23-/m1/s1. The number of carbonyl (C=O) groups is 3. The van der Waals surface area contributed by atoms with Gasteiger partial charge in [-0.3, -0.25) is 19.3 Å². The summed E-state index contributed by atoms with van der Waals surface area (Å²) < 4.78 is 18.4. The lowest BCUT2D eigenvalue weighted by Gasteiger charge is -2.33. The third-order valence-electron chi connectivity index (χ3n) is 6.83. The first-order valence-electron chi connectivity index (χ1n) is 12.4. The lowest BCUT2D eigenvalue weighted by Crippen LogP contribution is -2.47. The number of benzene rings is 2. The largest absolute Gasteiger partial charge is 0.395 e. The second-order valence-corrected chi connectivity index (χ2v) is 10.1. The van der Waals surface area contributed by atoms with Crippen molar-refractivity contribution < 1.29 is 18.8 Å². The quantitative estimate of drug-likeness (QED) is 0.279. The van der Waals surface area contributed by atoms with Crippen molar-refractivity contribution >= 4 is 51.5 Å². The molecular formula is C27H27FN6O3S. The highest BCUT2D eigenvalue weighted by molar-refractivity contribution is 7.09. The molecule has 1 saturated carbocycles. The van der Waals surface area contributed by atoms with Crippen LogP contribution in [-0.4, -0.2) is 33.1 Å². The topological polar surface area (TPSA) is 147 Å². The van der Waals surface area contributed by atoms with Gasteiger partial charge in [0.25, 0.3) is 11.8 Å². The van der Waals surface area contributed by atoms with Gasteiger partial charge in [-0.1, -0.05) is 43.5 Å². The molecule has 5 rings (SSSR count). The lowest BCUT2D eigenvalue weighted by atomic mass is 9.94. The number of hydrogen-bond acceptors (Lipinski definition) is 6. The van der Waals surface area contributed by atoms with E-state index in [-0.39, 0.29) is 28.0 Å². The Bertz CT molecular complexity index is 1510. The zero-order valence-corrected chi connectivity index (χ0v) is 21.3. The smallest absolute Gasteiger partial charge is 0.273 e. The van der Waals surface area contributed by atoms with E-state index in [4.69, 9.17) is 11.5 Å². The zero-order valence-electron chi connectivity index (χ0n) is 20.4. The van der Waals surface area contributed by atoms with Crippen molar-refractivity contribution in [1.82, 2.24) is 14.7 Å². The zero-order chi connectivity index (χ0) is 26.8. The predicted octanol–water partition coefficient (Wildman–Crippen LogP) is 4.28. The van der Waals surface area contributed by atoms with Gasteiger partial charge in [-0.05, 0) is 48.6 Å². The van der Waals surface area contributed by atoms with Gasteiger partial charge in [0.05, 0.1) is 5.69 Å². The minimum absolute atomic E-state index is 0.0386. The molecule has 1 fully saturated rings. The molecule has 0 aliphatic heterocycles. The number of nitrogen functional groups attached to an aromatic ring is 1. The van der Waals surface area contributed by atoms with E-state index < -0.39 is 29.6 Å². The highest BCUT2D eigenvalue weighted by Gasteiger charge is 2.38. The molecule has 0 bridgehead atoms. The number of hydrogen-bond donors (Lipinski definition) is 4. The van der Waals surface area contributed by atoms with Crippen LogP contribution in [0.5, 0.6) is 0 Å². The fraction of sp³-hybridized carbons (Fsp3) is 0.259.